The SMILES string of the molecule is CCCCCCCCCC(=O)N[C@@H](Cc1c[nH]c2ccccc12)C(=O)N[C@H](CC(N)=O)C(=O)N[C@@H](CC(=O)NO)C(=O)NC1C(=O)NCC(=O)N[C@@H](CCCN)C(=O)NC(CC(=O)NO)C(=O)N[C@H](C)C(=O)N[C@@H](CC(=O)NO)C(=O)NCC(=O)N[C@H](CO)C(=O)NC([C@@H](C)C(=O)NO)C(=O)N[C@@H]([C@H](C)CC(=O)O)C(=O)NC(CC(=O)c2ccccc2N)C(=O)O[C@@H]1C. The lowest BCUT2D eigenvalue weighted by molar-refractivity contribution is -0.156. The van der Waals surface area contributed by atoms with Gasteiger partial charge in [0.25, 0.3) is 0 Å². The summed E-state index contributed by atoms with van der Waals surface area (Å²) in [6.07, 6.45) is -2.77. The van der Waals surface area contributed by atoms with Crippen molar-refractivity contribution in [1.82, 2.24) is 101 Å². The van der Waals surface area contributed by atoms with Crippen LogP contribution in [-0.2, 0) is 112 Å². The zero-order valence-electron chi connectivity index (χ0n) is 70.5. The van der Waals surface area contributed by atoms with Crippen LogP contribution in [0.2, 0.25) is 0 Å². The number of nitrogen functional groups attached to an aromatic ring is 1. The monoisotopic (exact) mass is 1810 g/mol. The fourth-order valence-corrected chi connectivity index (χ4v) is 12.8. The highest BCUT2D eigenvalue weighted by atomic mass is 16.5. The number of nitrogens with one attached hydrogen (secondary N) is 19. The van der Waals surface area contributed by atoms with Crippen LogP contribution < -0.4 is 114 Å². The summed E-state index contributed by atoms with van der Waals surface area (Å²) in [4.78, 5) is 309. The third-order valence-electron chi connectivity index (χ3n) is 19.9. The van der Waals surface area contributed by atoms with Gasteiger partial charge in [0.05, 0.1) is 57.7 Å². The van der Waals surface area contributed by atoms with Crippen molar-refractivity contribution in [3.63, 3.8) is 0 Å². The normalized spacial score (nSPS) is 21.2. The maximum atomic E-state index is 15.1. The molecule has 0 aliphatic carbocycles. The van der Waals surface area contributed by atoms with Gasteiger partial charge < -0.3 is 112 Å². The molecule has 1 aliphatic heterocycles. The van der Waals surface area contributed by atoms with E-state index in [1.54, 1.807) is 30.5 Å². The van der Waals surface area contributed by atoms with E-state index in [0.717, 1.165) is 65.9 Å². The molecule has 19 amide bonds. The molecule has 51 nitrogen and oxygen atoms in total. The highest BCUT2D eigenvalue weighted by Gasteiger charge is 2.43. The number of Topliss-reactive ketones (excluding diaryl/α,β-unsaturated/α-hetero) is 1. The largest absolute Gasteiger partial charge is 0.481 e. The number of ketones is 1. The molecule has 4 rings (SSSR count). The molecular weight excluding hydrogens is 1700 g/mol. The number of fused-ring (bicyclic) bond motifs is 1. The quantitative estimate of drug-likeness (QED) is 0.00636. The van der Waals surface area contributed by atoms with Crippen LogP contribution in [0.1, 0.15) is 153 Å². The molecule has 1 aliphatic rings. The second kappa shape index (κ2) is 54.1. The van der Waals surface area contributed by atoms with Gasteiger partial charge in [-0.15, -0.1) is 0 Å². The van der Waals surface area contributed by atoms with E-state index in [0.29, 0.717) is 29.3 Å². The van der Waals surface area contributed by atoms with Crippen molar-refractivity contribution in [3.8, 4) is 0 Å². The third-order valence-corrected chi connectivity index (χ3v) is 19.9. The van der Waals surface area contributed by atoms with Gasteiger partial charge in [-0.05, 0) is 69.3 Å². The third kappa shape index (κ3) is 35.2. The van der Waals surface area contributed by atoms with E-state index >= 15 is 9.59 Å². The number of esters is 1. The number of hydroxylamine groups is 4. The Balaban J connectivity index is 1.97. The summed E-state index contributed by atoms with van der Waals surface area (Å²) in [6, 6.07) is -13.8. The molecule has 31 N–H and O–H groups in total. The number of aromatic amines is 1. The molecule has 2 aromatic carbocycles. The Morgan fingerprint density at radius 2 is 1.05 bits per heavy atom. The number of hydrogen-bond donors (Lipinski definition) is 28. The minimum Gasteiger partial charge on any atom is -0.481 e. The predicted octanol–water partition coefficient (Wildman–Crippen LogP) is -8.73. The van der Waals surface area contributed by atoms with E-state index in [-0.39, 0.29) is 37.1 Å². The molecule has 1 fully saturated rings. The Morgan fingerprint density at radius 1 is 0.516 bits per heavy atom. The molecule has 0 spiro atoms. The minimum absolute atomic E-state index is 0.0449. The molecule has 1 saturated heterocycles. The Labute approximate surface area is 730 Å². The number of nitrogens with two attached hydrogens (primary N) is 3. The van der Waals surface area contributed by atoms with Crippen molar-refractivity contribution in [2.75, 3.05) is 32.0 Å². The molecule has 0 bridgehead atoms. The first kappa shape index (κ1) is 106. The summed E-state index contributed by atoms with van der Waals surface area (Å²) in [5.41, 5.74) is 22.9. The summed E-state index contributed by atoms with van der Waals surface area (Å²) in [5.74, 6) is -34.7. The van der Waals surface area contributed by atoms with Crippen molar-refractivity contribution >= 4 is 147 Å². The van der Waals surface area contributed by atoms with Gasteiger partial charge >= 0.3 is 11.9 Å². The Morgan fingerprint density at radius 3 is 1.64 bits per heavy atom. The number of carbonyl (C=O) groups excluding carboxylic acids is 21. The Hall–Kier alpha value is -13.9. The van der Waals surface area contributed by atoms with Crippen LogP contribution in [0, 0.1) is 11.8 Å². The van der Waals surface area contributed by atoms with Gasteiger partial charge in [0.15, 0.2) is 5.78 Å². The van der Waals surface area contributed by atoms with E-state index < -0.39 is 285 Å². The summed E-state index contributed by atoms with van der Waals surface area (Å²) in [6.45, 7) is 1.65. The fraction of sp³-hybridized carbons (Fsp3) is 0.532. The van der Waals surface area contributed by atoms with Gasteiger partial charge in [-0.25, -0.2) is 26.7 Å². The Kier molecular flexibility index (Phi) is 45.0. The topological polar surface area (TPSA) is 817 Å². The van der Waals surface area contributed by atoms with E-state index in [2.05, 4.69) is 70.4 Å². The lowest BCUT2D eigenvalue weighted by Crippen LogP contribution is -2.63. The number of anilines is 1. The standard InChI is InChI=1S/C77H112N22O29/c1-6-7-8-9-10-11-12-23-55(103)86-46(26-40-32-81-44-21-16-14-18-41(40)44)70(116)89-47(28-54(80)102)71(117)91-50(31-58(106)98-126)72(118)95-64-39(5)128-77(123)51(27-53(101)42-19-13-15-20-43(42)79)92-75(121)62(36(2)25-61(109)110)93-76(122)63(37(3)65(111)99-127)94-73(119)52(35-100)87-60(108)33-82-67(113)48(29-56(104)96-124)88-66(112)38(4)84-69(115)49(30-57(105)97-125)90-68(114)45(22-17-24-78)85-59(107)34-83-74(64)120/h13-16,18-21,32,36-39,45-52,62-64,81,100,124-127H,6-12,17,22-31,33-35,78-79H2,1-5H3,(H2,80,102)(H,82,113)(H,83,120)(H,84,115)(H,85,107)(H,86,103)(H,87,108)(H,88,112)(H,89,116)(H,90,114)(H,91,117)(H,92,121)(H,93,122)(H,94,119)(H,95,118)(H,96,104)(H,97,105)(H,98,106)(H,99,111)(H,109,110)/t36-,37-,38-,39-,45+,46+,47-,48+,49?,50+,51?,52-,62+,63?,64?/m1/s1. The highest BCUT2D eigenvalue weighted by Crippen LogP contribution is 2.22. The van der Waals surface area contributed by atoms with E-state index in [1.165, 1.54) is 40.1 Å². The van der Waals surface area contributed by atoms with Gasteiger partial charge in [-0.3, -0.25) is 122 Å². The van der Waals surface area contributed by atoms with Gasteiger partial charge in [0.2, 0.25) is 112 Å². The minimum atomic E-state index is -2.53. The number of benzene rings is 2. The number of cyclic esters (lactones) is 1. The molecule has 0 radical (unpaired) electrons. The van der Waals surface area contributed by atoms with Crippen LogP contribution in [0.4, 0.5) is 5.69 Å². The number of carboxylic acid groups (broad SMARTS) is 1. The van der Waals surface area contributed by atoms with Gasteiger partial charge in [0, 0.05) is 47.6 Å². The molecule has 128 heavy (non-hydrogen) atoms. The number of aliphatic hydroxyl groups excluding tert-OH is 1. The van der Waals surface area contributed by atoms with Crippen LogP contribution in [0.3, 0.4) is 0 Å². The summed E-state index contributed by atoms with van der Waals surface area (Å²) >= 11 is 0. The molecule has 0 saturated carbocycles. The first-order valence-electron chi connectivity index (χ1n) is 40.5. The van der Waals surface area contributed by atoms with Gasteiger partial charge in [0.1, 0.15) is 78.6 Å². The zero-order valence-corrected chi connectivity index (χ0v) is 70.5. The van der Waals surface area contributed by atoms with Crippen molar-refractivity contribution in [2.45, 2.75) is 222 Å². The van der Waals surface area contributed by atoms with Crippen LogP contribution in [0.15, 0.2) is 54.7 Å². The van der Waals surface area contributed by atoms with E-state index in [9.17, 15) is 127 Å². The average Bonchev–Trinajstić information content (AvgIpc) is 1.77. The maximum Gasteiger partial charge on any atom is 0.329 e. The smallest absolute Gasteiger partial charge is 0.329 e. The van der Waals surface area contributed by atoms with Gasteiger partial charge in [-0.2, -0.15) is 0 Å². The molecule has 3 aromatic rings. The molecule has 704 valence electrons. The number of carbonyl (C=O) groups is 22. The second-order valence-electron chi connectivity index (χ2n) is 29.9. The molecule has 1 aromatic heterocycles. The fourth-order valence-electron chi connectivity index (χ4n) is 12.8. The number of aliphatic carboxylic acids is 1. The first-order chi connectivity index (χ1) is 60.6. The van der Waals surface area contributed by atoms with Gasteiger partial charge in [-0.1, -0.05) is 89.6 Å². The number of unbranched alkanes of at least 4 members (excludes halogenated alkanes) is 6. The number of hydrogen-bond acceptors (Lipinski definition) is 30. The maximum absolute atomic E-state index is 15.1. The number of rotatable bonds is 37. The van der Waals surface area contributed by atoms with Crippen LogP contribution >= 0.6 is 0 Å². The lowest BCUT2D eigenvalue weighted by atomic mass is 9.94. The summed E-state index contributed by atoms with van der Waals surface area (Å²) < 4.78 is 5.73. The molecular formula is C77H112N22O29. The van der Waals surface area contributed by atoms with E-state index in [4.69, 9.17) is 21.9 Å². The molecule has 2 heterocycles. The number of amides is 19. The van der Waals surface area contributed by atoms with Crippen LogP contribution in [0.25, 0.3) is 10.9 Å². The number of aliphatic hydroxyl groups is 1. The Bertz CT molecular complexity index is 4490. The lowest BCUT2D eigenvalue weighted by Gasteiger charge is -2.31. The average molecular weight is 1810 g/mol. The predicted molar refractivity (Wildman–Crippen MR) is 438 cm³/mol. The summed E-state index contributed by atoms with van der Waals surface area (Å²) in [7, 11) is 0. The molecule has 15 atom stereocenters. The summed E-state index contributed by atoms with van der Waals surface area (Å²) in [5, 5.41) is 89.6. The van der Waals surface area contributed by atoms with Crippen LogP contribution in [-0.4, -0.2) is 271 Å². The van der Waals surface area contributed by atoms with Crippen molar-refractivity contribution in [3.05, 3.63) is 65.9 Å². The first-order valence-corrected chi connectivity index (χ1v) is 40.5. The van der Waals surface area contributed by atoms with E-state index in [1.807, 2.05) is 16.0 Å². The van der Waals surface area contributed by atoms with Crippen molar-refractivity contribution in [1.29, 1.82) is 0 Å². The van der Waals surface area contributed by atoms with Crippen molar-refractivity contribution < 1.29 is 141 Å². The molecule has 51 heteroatoms. The second-order valence-corrected chi connectivity index (χ2v) is 29.9. The van der Waals surface area contributed by atoms with Crippen molar-refractivity contribution in [2.24, 2.45) is 23.3 Å². The number of H-pyrrole nitrogens is 1. The number of primary amides is 1. The zero-order chi connectivity index (χ0) is 95.6. The number of carboxylic acids is 1. The number of para-hydroxylation sites is 2. The number of ether oxygens (including phenoxy) is 1. The molecule has 4 unspecified atom stereocenters. The van der Waals surface area contributed by atoms with Crippen LogP contribution in [0.5, 0.6) is 0 Å². The highest BCUT2D eigenvalue weighted by molar-refractivity contribution is 6.06. The number of aromatic nitrogens is 1.